The first-order valence-electron chi connectivity index (χ1n) is 5.58. The molecule has 1 heterocycles. The van der Waals surface area contributed by atoms with Gasteiger partial charge in [0.25, 0.3) is 0 Å². The molecule has 0 bridgehead atoms. The lowest BCUT2D eigenvalue weighted by atomic mass is 9.96. The number of piperidine rings is 1. The van der Waals surface area contributed by atoms with E-state index in [4.69, 9.17) is 0 Å². The molecule has 0 saturated carbocycles. The van der Waals surface area contributed by atoms with Gasteiger partial charge in [-0.15, -0.1) is 0 Å². The van der Waals surface area contributed by atoms with Crippen LogP contribution in [0.2, 0.25) is 0 Å². The molecule has 0 aromatic carbocycles. The van der Waals surface area contributed by atoms with E-state index in [-0.39, 0.29) is 11.8 Å². The molecule has 1 fully saturated rings. The Balaban J connectivity index is 2.52. The van der Waals surface area contributed by atoms with E-state index in [1.165, 1.54) is 7.11 Å². The highest BCUT2D eigenvalue weighted by Gasteiger charge is 2.33. The molecule has 1 atom stereocenters. The van der Waals surface area contributed by atoms with Gasteiger partial charge in [-0.3, -0.25) is 4.79 Å². The van der Waals surface area contributed by atoms with E-state index in [0.717, 1.165) is 19.4 Å². The molecule has 5 heteroatoms. The molecule has 1 rings (SSSR count). The topological polar surface area (TPSA) is 67.4 Å². The van der Waals surface area contributed by atoms with Crippen molar-refractivity contribution in [1.82, 2.24) is 10.6 Å². The van der Waals surface area contributed by atoms with Gasteiger partial charge in [-0.05, 0) is 33.2 Å². The van der Waals surface area contributed by atoms with Gasteiger partial charge in [0.15, 0.2) is 0 Å². The number of esters is 1. The second-order valence-corrected chi connectivity index (χ2v) is 4.65. The summed E-state index contributed by atoms with van der Waals surface area (Å²) in [6, 6.07) is 0. The van der Waals surface area contributed by atoms with E-state index in [1.54, 1.807) is 13.8 Å². The van der Waals surface area contributed by atoms with Crippen LogP contribution in [0.1, 0.15) is 26.7 Å². The van der Waals surface area contributed by atoms with Gasteiger partial charge in [0.2, 0.25) is 5.91 Å². The number of methoxy groups -OCH3 is 1. The number of ether oxygens (including phenoxy) is 1. The molecule has 1 aliphatic heterocycles. The maximum atomic E-state index is 11.9. The first-order valence-corrected chi connectivity index (χ1v) is 5.58. The van der Waals surface area contributed by atoms with E-state index in [0.29, 0.717) is 6.54 Å². The number of amides is 1. The van der Waals surface area contributed by atoms with Crippen LogP contribution in [0.4, 0.5) is 0 Å². The van der Waals surface area contributed by atoms with Crippen LogP contribution in [0.5, 0.6) is 0 Å². The Morgan fingerprint density at radius 3 is 2.62 bits per heavy atom. The van der Waals surface area contributed by atoms with E-state index in [2.05, 4.69) is 15.4 Å². The van der Waals surface area contributed by atoms with Crippen LogP contribution in [-0.4, -0.2) is 37.6 Å². The monoisotopic (exact) mass is 228 g/mol. The summed E-state index contributed by atoms with van der Waals surface area (Å²) in [5.74, 6) is -0.551. The summed E-state index contributed by atoms with van der Waals surface area (Å²) in [6.45, 7) is 4.94. The Bertz CT molecular complexity index is 270. The maximum absolute atomic E-state index is 11.9. The van der Waals surface area contributed by atoms with Gasteiger partial charge >= 0.3 is 5.97 Å². The molecule has 1 unspecified atom stereocenters. The van der Waals surface area contributed by atoms with Crippen molar-refractivity contribution in [2.24, 2.45) is 5.92 Å². The highest BCUT2D eigenvalue weighted by atomic mass is 16.5. The molecule has 0 aliphatic carbocycles. The van der Waals surface area contributed by atoms with E-state index in [1.807, 2.05) is 0 Å². The lowest BCUT2D eigenvalue weighted by molar-refractivity contribution is -0.150. The van der Waals surface area contributed by atoms with Gasteiger partial charge in [0.05, 0.1) is 13.0 Å². The minimum Gasteiger partial charge on any atom is -0.467 e. The normalized spacial score (nSPS) is 21.3. The van der Waals surface area contributed by atoms with Crippen LogP contribution in [-0.2, 0) is 14.3 Å². The van der Waals surface area contributed by atoms with E-state index < -0.39 is 11.5 Å². The van der Waals surface area contributed by atoms with Gasteiger partial charge in [0.1, 0.15) is 5.54 Å². The molecule has 0 aromatic rings. The second kappa shape index (κ2) is 5.30. The Morgan fingerprint density at radius 1 is 1.44 bits per heavy atom. The Hall–Kier alpha value is -1.10. The van der Waals surface area contributed by atoms with Gasteiger partial charge < -0.3 is 15.4 Å². The number of hydrogen-bond donors (Lipinski definition) is 2. The summed E-state index contributed by atoms with van der Waals surface area (Å²) in [4.78, 5) is 23.3. The minimum absolute atomic E-state index is 0.0438. The van der Waals surface area contributed by atoms with Crippen LogP contribution in [0.3, 0.4) is 0 Å². The molecule has 92 valence electrons. The molecule has 16 heavy (non-hydrogen) atoms. The molecule has 0 radical (unpaired) electrons. The van der Waals surface area contributed by atoms with Crippen molar-refractivity contribution in [3.05, 3.63) is 0 Å². The maximum Gasteiger partial charge on any atom is 0.330 e. The Kier molecular flexibility index (Phi) is 4.29. The zero-order chi connectivity index (χ0) is 12.2. The summed E-state index contributed by atoms with van der Waals surface area (Å²) in [6.07, 6.45) is 1.87. The van der Waals surface area contributed by atoms with Crippen molar-refractivity contribution in [1.29, 1.82) is 0 Å². The van der Waals surface area contributed by atoms with Gasteiger partial charge in [-0.25, -0.2) is 4.79 Å². The molecule has 2 N–H and O–H groups in total. The lowest BCUT2D eigenvalue weighted by Crippen LogP contribution is -2.53. The van der Waals surface area contributed by atoms with Crippen molar-refractivity contribution < 1.29 is 14.3 Å². The number of hydrogen-bond acceptors (Lipinski definition) is 4. The minimum atomic E-state index is -0.955. The fourth-order valence-electron chi connectivity index (χ4n) is 1.79. The van der Waals surface area contributed by atoms with Crippen LogP contribution < -0.4 is 10.6 Å². The van der Waals surface area contributed by atoms with Crippen LogP contribution in [0.25, 0.3) is 0 Å². The number of rotatable bonds is 3. The van der Waals surface area contributed by atoms with Crippen molar-refractivity contribution in [2.75, 3.05) is 20.2 Å². The zero-order valence-electron chi connectivity index (χ0n) is 10.1. The van der Waals surface area contributed by atoms with Gasteiger partial charge in [0, 0.05) is 6.54 Å². The van der Waals surface area contributed by atoms with Crippen LogP contribution in [0.15, 0.2) is 0 Å². The molecule has 1 saturated heterocycles. The van der Waals surface area contributed by atoms with Crippen molar-refractivity contribution >= 4 is 11.9 Å². The average molecular weight is 228 g/mol. The highest BCUT2D eigenvalue weighted by molar-refractivity contribution is 5.88. The smallest absolute Gasteiger partial charge is 0.330 e. The summed E-state index contributed by atoms with van der Waals surface area (Å²) in [5, 5.41) is 5.89. The van der Waals surface area contributed by atoms with Gasteiger partial charge in [-0.1, -0.05) is 0 Å². The van der Waals surface area contributed by atoms with Crippen LogP contribution in [0, 0.1) is 5.92 Å². The third kappa shape index (κ3) is 3.20. The van der Waals surface area contributed by atoms with E-state index >= 15 is 0 Å². The Labute approximate surface area is 95.9 Å². The molecule has 5 nitrogen and oxygen atoms in total. The van der Waals surface area contributed by atoms with Crippen molar-refractivity contribution in [2.45, 2.75) is 32.2 Å². The molecule has 0 spiro atoms. The third-order valence-electron chi connectivity index (χ3n) is 2.80. The standard InChI is InChI=1S/C11H20N2O3/c1-11(2,10(15)16-3)13-9(14)8-5-4-6-12-7-8/h8,12H,4-7H2,1-3H3,(H,13,14). The molecular weight excluding hydrogens is 208 g/mol. The van der Waals surface area contributed by atoms with Crippen molar-refractivity contribution in [3.8, 4) is 0 Å². The van der Waals surface area contributed by atoms with E-state index in [9.17, 15) is 9.59 Å². The highest BCUT2D eigenvalue weighted by Crippen LogP contribution is 2.13. The molecule has 1 amide bonds. The van der Waals surface area contributed by atoms with Crippen molar-refractivity contribution in [3.63, 3.8) is 0 Å². The summed E-state index contributed by atoms with van der Waals surface area (Å²) < 4.78 is 4.63. The fraction of sp³-hybridized carbons (Fsp3) is 0.818. The number of carbonyl (C=O) groups is 2. The molecule has 0 aromatic heterocycles. The Morgan fingerprint density at radius 2 is 2.12 bits per heavy atom. The predicted molar refractivity (Wildman–Crippen MR) is 59.8 cm³/mol. The largest absolute Gasteiger partial charge is 0.467 e. The van der Waals surface area contributed by atoms with Crippen LogP contribution >= 0.6 is 0 Å². The first kappa shape index (κ1) is 13.0. The summed E-state index contributed by atoms with van der Waals surface area (Å²) in [5.41, 5.74) is -0.955. The SMILES string of the molecule is COC(=O)C(C)(C)NC(=O)C1CCCNC1. The quantitative estimate of drug-likeness (QED) is 0.670. The lowest BCUT2D eigenvalue weighted by Gasteiger charge is -2.28. The number of carbonyl (C=O) groups excluding carboxylic acids is 2. The average Bonchev–Trinajstić information content (AvgIpc) is 2.28. The summed E-state index contributed by atoms with van der Waals surface area (Å²) in [7, 11) is 1.32. The number of nitrogens with one attached hydrogen (secondary N) is 2. The second-order valence-electron chi connectivity index (χ2n) is 4.65. The summed E-state index contributed by atoms with van der Waals surface area (Å²) >= 11 is 0. The fourth-order valence-corrected chi connectivity index (χ4v) is 1.79. The first-order chi connectivity index (χ1) is 7.47. The molecule has 1 aliphatic rings. The van der Waals surface area contributed by atoms with Gasteiger partial charge in [-0.2, -0.15) is 0 Å². The third-order valence-corrected chi connectivity index (χ3v) is 2.80. The zero-order valence-corrected chi connectivity index (χ0v) is 10.1. The predicted octanol–water partition coefficient (Wildman–Crippen LogP) is 0.0538. The molecular formula is C11H20N2O3.